The Hall–Kier alpha value is -2.68. The number of aryl methyl sites for hydroxylation is 1. The highest BCUT2D eigenvalue weighted by Crippen LogP contribution is 2.29. The summed E-state index contributed by atoms with van der Waals surface area (Å²) in [6.45, 7) is 1.98. The maximum atomic E-state index is 14.6. The average Bonchev–Trinajstić information content (AvgIpc) is 2.63. The molecule has 1 nitrogen and oxygen atoms in total. The van der Waals surface area contributed by atoms with E-state index in [0.29, 0.717) is 24.3 Å². The second-order valence-electron chi connectivity index (χ2n) is 5.98. The van der Waals surface area contributed by atoms with Crippen LogP contribution >= 0.6 is 0 Å². The summed E-state index contributed by atoms with van der Waals surface area (Å²) in [4.78, 5) is 0. The van der Waals surface area contributed by atoms with E-state index in [1.165, 1.54) is 5.56 Å². The highest BCUT2D eigenvalue weighted by molar-refractivity contribution is 5.71. The molecule has 0 atom stereocenters. The van der Waals surface area contributed by atoms with Crippen LogP contribution in [0.1, 0.15) is 12.0 Å². The van der Waals surface area contributed by atoms with E-state index in [9.17, 15) is 8.78 Å². The van der Waals surface area contributed by atoms with Gasteiger partial charge in [-0.3, -0.25) is 4.39 Å². The lowest BCUT2D eigenvalue weighted by atomic mass is 9.99. The Labute approximate surface area is 146 Å². The van der Waals surface area contributed by atoms with Gasteiger partial charge in [0.1, 0.15) is 11.6 Å². The third-order valence-electron chi connectivity index (χ3n) is 4.07. The zero-order valence-corrected chi connectivity index (χ0v) is 14.1. The minimum absolute atomic E-state index is 0.260. The zero-order valence-electron chi connectivity index (χ0n) is 14.1. The van der Waals surface area contributed by atoms with Crippen LogP contribution in [0.3, 0.4) is 0 Å². The molecule has 0 bridgehead atoms. The monoisotopic (exact) mass is 338 g/mol. The van der Waals surface area contributed by atoms with Gasteiger partial charge in [0.05, 0.1) is 13.3 Å². The first-order valence-electron chi connectivity index (χ1n) is 8.33. The minimum atomic E-state index is -0.392. The summed E-state index contributed by atoms with van der Waals surface area (Å²) in [5, 5.41) is 0. The van der Waals surface area contributed by atoms with Crippen LogP contribution in [-0.2, 0) is 0 Å². The van der Waals surface area contributed by atoms with Crippen molar-refractivity contribution in [1.29, 1.82) is 0 Å². The number of ether oxygens (including phenoxy) is 1. The van der Waals surface area contributed by atoms with Crippen LogP contribution in [0.15, 0.2) is 66.7 Å². The summed E-state index contributed by atoms with van der Waals surface area (Å²) in [7, 11) is 0. The van der Waals surface area contributed by atoms with Crippen molar-refractivity contribution in [3.05, 3.63) is 78.1 Å². The average molecular weight is 338 g/mol. The SMILES string of the molecule is Cc1ccc(-c2ccc(-c3ccc(OCCCF)cc3)c(F)c2)cc1. The molecule has 128 valence electrons. The highest BCUT2D eigenvalue weighted by Gasteiger charge is 2.08. The molecule has 0 amide bonds. The standard InChI is InChI=1S/C22H20F2O/c1-16-3-5-17(6-4-16)19-9-12-21(22(24)15-19)18-7-10-20(11-8-18)25-14-2-13-23/h3-12,15H,2,13-14H2,1H3. The fourth-order valence-corrected chi connectivity index (χ4v) is 2.65. The third kappa shape index (κ3) is 4.24. The fraction of sp³-hybridized carbons (Fsp3) is 0.182. The summed E-state index contributed by atoms with van der Waals surface area (Å²) < 4.78 is 32.1. The maximum Gasteiger partial charge on any atom is 0.131 e. The summed E-state index contributed by atoms with van der Waals surface area (Å²) in [6, 6.07) is 20.5. The normalized spacial score (nSPS) is 10.7. The van der Waals surface area contributed by atoms with Crippen LogP contribution in [0.25, 0.3) is 22.3 Å². The highest BCUT2D eigenvalue weighted by atomic mass is 19.1. The molecule has 3 heteroatoms. The van der Waals surface area contributed by atoms with Crippen LogP contribution in [-0.4, -0.2) is 13.3 Å². The summed E-state index contributed by atoms with van der Waals surface area (Å²) >= 11 is 0. The van der Waals surface area contributed by atoms with Gasteiger partial charge in [-0.2, -0.15) is 0 Å². The van der Waals surface area contributed by atoms with Crippen LogP contribution in [0.5, 0.6) is 5.75 Å². The Morgan fingerprint density at radius 1 is 0.800 bits per heavy atom. The molecule has 0 saturated carbocycles. The van der Waals surface area contributed by atoms with E-state index in [1.54, 1.807) is 24.3 Å². The lowest BCUT2D eigenvalue weighted by Crippen LogP contribution is -1.97. The fourth-order valence-electron chi connectivity index (χ4n) is 2.65. The van der Waals surface area contributed by atoms with Crippen molar-refractivity contribution in [3.63, 3.8) is 0 Å². The van der Waals surface area contributed by atoms with Gasteiger partial charge in [0.25, 0.3) is 0 Å². The van der Waals surface area contributed by atoms with Crippen molar-refractivity contribution in [2.24, 2.45) is 0 Å². The molecule has 0 saturated heterocycles. The van der Waals surface area contributed by atoms with Crippen molar-refractivity contribution >= 4 is 0 Å². The first-order chi connectivity index (χ1) is 12.2. The molecule has 0 N–H and O–H groups in total. The zero-order chi connectivity index (χ0) is 17.6. The smallest absolute Gasteiger partial charge is 0.131 e. The molecule has 0 aliphatic heterocycles. The van der Waals surface area contributed by atoms with Gasteiger partial charge in [0, 0.05) is 12.0 Å². The predicted octanol–water partition coefficient (Wildman–Crippen LogP) is 6.21. The van der Waals surface area contributed by atoms with E-state index in [4.69, 9.17) is 4.74 Å². The van der Waals surface area contributed by atoms with Gasteiger partial charge in [-0.1, -0.05) is 54.1 Å². The topological polar surface area (TPSA) is 9.23 Å². The maximum absolute atomic E-state index is 14.6. The molecular formula is C22H20F2O. The molecule has 0 fully saturated rings. The lowest BCUT2D eigenvalue weighted by Gasteiger charge is -2.09. The van der Waals surface area contributed by atoms with Crippen LogP contribution in [0.2, 0.25) is 0 Å². The Kier molecular flexibility index (Phi) is 5.44. The number of alkyl halides is 1. The van der Waals surface area contributed by atoms with E-state index in [1.807, 2.05) is 49.4 Å². The lowest BCUT2D eigenvalue weighted by molar-refractivity contribution is 0.289. The molecule has 0 aliphatic carbocycles. The van der Waals surface area contributed by atoms with E-state index in [2.05, 4.69) is 0 Å². The molecule has 25 heavy (non-hydrogen) atoms. The molecular weight excluding hydrogens is 318 g/mol. The second-order valence-corrected chi connectivity index (χ2v) is 5.98. The van der Waals surface area contributed by atoms with Crippen molar-refractivity contribution in [3.8, 4) is 28.0 Å². The van der Waals surface area contributed by atoms with Gasteiger partial charge in [-0.15, -0.1) is 0 Å². The van der Waals surface area contributed by atoms with E-state index >= 15 is 0 Å². The van der Waals surface area contributed by atoms with Crippen molar-refractivity contribution in [2.75, 3.05) is 13.3 Å². The van der Waals surface area contributed by atoms with Gasteiger partial charge in [-0.05, 0) is 41.8 Å². The van der Waals surface area contributed by atoms with Gasteiger partial charge >= 0.3 is 0 Å². The first kappa shape index (κ1) is 17.2. The molecule has 0 aromatic heterocycles. The number of hydrogen-bond donors (Lipinski definition) is 0. The Balaban J connectivity index is 1.79. The van der Waals surface area contributed by atoms with E-state index in [0.717, 1.165) is 16.7 Å². The van der Waals surface area contributed by atoms with Crippen LogP contribution < -0.4 is 4.74 Å². The van der Waals surface area contributed by atoms with Crippen molar-refractivity contribution in [2.45, 2.75) is 13.3 Å². The molecule has 3 rings (SSSR count). The summed E-state index contributed by atoms with van der Waals surface area (Å²) in [6.07, 6.45) is 0.372. The molecule has 0 heterocycles. The van der Waals surface area contributed by atoms with Crippen molar-refractivity contribution < 1.29 is 13.5 Å². The minimum Gasteiger partial charge on any atom is -0.493 e. The van der Waals surface area contributed by atoms with Gasteiger partial charge < -0.3 is 4.74 Å². The molecule has 0 spiro atoms. The van der Waals surface area contributed by atoms with Gasteiger partial charge in [-0.25, -0.2) is 4.39 Å². The summed E-state index contributed by atoms with van der Waals surface area (Å²) in [5.41, 5.74) is 4.35. The quantitative estimate of drug-likeness (QED) is 0.486. The Bertz CT molecular complexity index is 824. The molecule has 3 aromatic rings. The van der Waals surface area contributed by atoms with E-state index in [-0.39, 0.29) is 5.82 Å². The predicted molar refractivity (Wildman–Crippen MR) is 98.1 cm³/mol. The number of rotatable bonds is 6. The number of halogens is 2. The largest absolute Gasteiger partial charge is 0.493 e. The third-order valence-corrected chi connectivity index (χ3v) is 4.07. The first-order valence-corrected chi connectivity index (χ1v) is 8.33. The van der Waals surface area contributed by atoms with E-state index < -0.39 is 6.67 Å². The number of hydrogen-bond acceptors (Lipinski definition) is 1. The second kappa shape index (κ2) is 7.93. The number of benzene rings is 3. The Morgan fingerprint density at radius 3 is 2.08 bits per heavy atom. The Morgan fingerprint density at radius 2 is 1.44 bits per heavy atom. The van der Waals surface area contributed by atoms with Crippen LogP contribution in [0.4, 0.5) is 8.78 Å². The molecule has 3 aromatic carbocycles. The van der Waals surface area contributed by atoms with Gasteiger partial charge in [0.2, 0.25) is 0 Å². The van der Waals surface area contributed by atoms with Crippen LogP contribution in [0, 0.1) is 12.7 Å². The molecule has 0 radical (unpaired) electrons. The molecule has 0 aliphatic rings. The van der Waals surface area contributed by atoms with Gasteiger partial charge in [0.15, 0.2) is 0 Å². The molecule has 0 unspecified atom stereocenters. The summed E-state index contributed by atoms with van der Waals surface area (Å²) in [5.74, 6) is 0.401. The van der Waals surface area contributed by atoms with Crippen molar-refractivity contribution in [1.82, 2.24) is 0 Å².